The summed E-state index contributed by atoms with van der Waals surface area (Å²) in [7, 11) is 1.70. The zero-order valence-electron chi connectivity index (χ0n) is 9.41. The van der Waals surface area contributed by atoms with Crippen LogP contribution in [0.1, 0.15) is 21.7 Å². The third-order valence-corrected chi connectivity index (χ3v) is 3.28. The van der Waals surface area contributed by atoms with Crippen molar-refractivity contribution in [3.63, 3.8) is 0 Å². The van der Waals surface area contributed by atoms with E-state index >= 15 is 0 Å². The van der Waals surface area contributed by atoms with Crippen LogP contribution in [0.15, 0.2) is 6.07 Å². The largest absolute Gasteiger partial charge is 0.385 e. The molecule has 1 rings (SSSR count). The molecule has 0 fully saturated rings. The Balaban J connectivity index is 2.27. The van der Waals surface area contributed by atoms with Gasteiger partial charge in [-0.15, -0.1) is 11.3 Å². The highest BCUT2D eigenvalue weighted by atomic mass is 32.1. The van der Waals surface area contributed by atoms with Crippen LogP contribution < -0.4 is 5.73 Å². The van der Waals surface area contributed by atoms with Crippen molar-refractivity contribution in [3.8, 4) is 0 Å². The lowest BCUT2D eigenvalue weighted by atomic mass is 10.2. The molecular formula is C11H19NO2S. The van der Waals surface area contributed by atoms with E-state index in [0.717, 1.165) is 19.6 Å². The van der Waals surface area contributed by atoms with E-state index < -0.39 is 0 Å². The maximum Gasteiger partial charge on any atom is 0.0727 e. The van der Waals surface area contributed by atoms with Crippen LogP contribution >= 0.6 is 11.3 Å². The van der Waals surface area contributed by atoms with Gasteiger partial charge in [-0.25, -0.2) is 0 Å². The molecule has 0 unspecified atom stereocenters. The van der Waals surface area contributed by atoms with Gasteiger partial charge >= 0.3 is 0 Å². The van der Waals surface area contributed by atoms with E-state index in [-0.39, 0.29) is 0 Å². The number of nitrogens with two attached hydrogens (primary N) is 1. The molecule has 0 spiro atoms. The first kappa shape index (κ1) is 12.6. The van der Waals surface area contributed by atoms with Crippen LogP contribution in [0.25, 0.3) is 0 Å². The van der Waals surface area contributed by atoms with Crippen LogP contribution in [0.3, 0.4) is 0 Å². The van der Waals surface area contributed by atoms with Crippen molar-refractivity contribution < 1.29 is 9.47 Å². The fourth-order valence-corrected chi connectivity index (χ4v) is 2.25. The smallest absolute Gasteiger partial charge is 0.0727 e. The SMILES string of the molecule is COCCCOCc1cc(CN)sc1C. The fourth-order valence-electron chi connectivity index (χ4n) is 1.32. The summed E-state index contributed by atoms with van der Waals surface area (Å²) in [5, 5.41) is 0. The molecule has 0 aliphatic heterocycles. The average molecular weight is 229 g/mol. The number of hydrogen-bond acceptors (Lipinski definition) is 4. The molecule has 0 bridgehead atoms. The number of ether oxygens (including phenoxy) is 2. The van der Waals surface area contributed by atoms with Crippen molar-refractivity contribution in [2.45, 2.75) is 26.5 Å². The standard InChI is InChI=1S/C11H19NO2S/c1-9-10(6-11(7-12)15-9)8-14-5-3-4-13-2/h6H,3-5,7-8,12H2,1-2H3. The minimum Gasteiger partial charge on any atom is -0.385 e. The zero-order valence-corrected chi connectivity index (χ0v) is 10.2. The van der Waals surface area contributed by atoms with Crippen LogP contribution in [0, 0.1) is 6.92 Å². The van der Waals surface area contributed by atoms with Crippen LogP contribution in [-0.4, -0.2) is 20.3 Å². The van der Waals surface area contributed by atoms with Crippen LogP contribution in [0.2, 0.25) is 0 Å². The summed E-state index contributed by atoms with van der Waals surface area (Å²) >= 11 is 1.75. The molecule has 0 atom stereocenters. The van der Waals surface area contributed by atoms with Gasteiger partial charge in [-0.3, -0.25) is 0 Å². The van der Waals surface area contributed by atoms with Gasteiger partial charge in [-0.2, -0.15) is 0 Å². The van der Waals surface area contributed by atoms with Crippen molar-refractivity contribution in [3.05, 3.63) is 21.4 Å². The van der Waals surface area contributed by atoms with Crippen LogP contribution in [0.5, 0.6) is 0 Å². The maximum absolute atomic E-state index is 5.58. The van der Waals surface area contributed by atoms with E-state index in [1.165, 1.54) is 15.3 Å². The fraction of sp³-hybridized carbons (Fsp3) is 0.636. The van der Waals surface area contributed by atoms with Crippen molar-refractivity contribution in [2.75, 3.05) is 20.3 Å². The predicted octanol–water partition coefficient (Wildman–Crippen LogP) is 2.07. The molecule has 0 saturated heterocycles. The zero-order chi connectivity index (χ0) is 11.1. The van der Waals surface area contributed by atoms with Gasteiger partial charge in [-0.1, -0.05) is 0 Å². The molecule has 15 heavy (non-hydrogen) atoms. The minimum absolute atomic E-state index is 0.620. The third-order valence-electron chi connectivity index (χ3n) is 2.17. The lowest BCUT2D eigenvalue weighted by Crippen LogP contribution is -1.99. The first-order valence-corrected chi connectivity index (χ1v) is 5.94. The van der Waals surface area contributed by atoms with Crippen molar-refractivity contribution >= 4 is 11.3 Å². The van der Waals surface area contributed by atoms with Gasteiger partial charge < -0.3 is 15.2 Å². The Morgan fingerprint density at radius 2 is 2.20 bits per heavy atom. The van der Waals surface area contributed by atoms with Crippen molar-refractivity contribution in [1.29, 1.82) is 0 Å². The monoisotopic (exact) mass is 229 g/mol. The second-order valence-electron chi connectivity index (χ2n) is 3.40. The molecule has 1 aromatic rings. The van der Waals surface area contributed by atoms with E-state index in [0.29, 0.717) is 13.2 Å². The van der Waals surface area contributed by atoms with Gasteiger partial charge in [0.05, 0.1) is 6.61 Å². The highest BCUT2D eigenvalue weighted by Gasteiger charge is 2.04. The summed E-state index contributed by atoms with van der Waals surface area (Å²) in [6.07, 6.45) is 0.948. The van der Waals surface area contributed by atoms with E-state index in [2.05, 4.69) is 13.0 Å². The molecule has 0 aliphatic rings. The molecule has 0 radical (unpaired) electrons. The quantitative estimate of drug-likeness (QED) is 0.728. The Kier molecular flexibility index (Phi) is 5.86. The summed E-state index contributed by atoms with van der Waals surface area (Å²) in [5.41, 5.74) is 6.84. The summed E-state index contributed by atoms with van der Waals surface area (Å²) in [5.74, 6) is 0. The number of hydrogen-bond donors (Lipinski definition) is 1. The van der Waals surface area contributed by atoms with Crippen LogP contribution in [0.4, 0.5) is 0 Å². The summed E-state index contributed by atoms with van der Waals surface area (Å²) in [4.78, 5) is 2.53. The van der Waals surface area contributed by atoms with E-state index in [4.69, 9.17) is 15.2 Å². The van der Waals surface area contributed by atoms with Crippen LogP contribution in [-0.2, 0) is 22.6 Å². The van der Waals surface area contributed by atoms with E-state index in [9.17, 15) is 0 Å². The van der Waals surface area contributed by atoms with Gasteiger partial charge in [-0.05, 0) is 25.0 Å². The highest BCUT2D eigenvalue weighted by Crippen LogP contribution is 2.21. The molecule has 4 heteroatoms. The molecule has 0 aliphatic carbocycles. The first-order valence-electron chi connectivity index (χ1n) is 5.13. The summed E-state index contributed by atoms with van der Waals surface area (Å²) in [6.45, 7) is 4.93. The second kappa shape index (κ2) is 6.95. The van der Waals surface area contributed by atoms with Gasteiger partial charge in [0.2, 0.25) is 0 Å². The molecule has 0 amide bonds. The predicted molar refractivity (Wildman–Crippen MR) is 63.1 cm³/mol. The van der Waals surface area contributed by atoms with Gasteiger partial charge in [0.15, 0.2) is 0 Å². The Labute approximate surface area is 95.2 Å². The van der Waals surface area contributed by atoms with Gasteiger partial charge in [0.25, 0.3) is 0 Å². The minimum atomic E-state index is 0.620. The number of thiophene rings is 1. The molecule has 1 aromatic heterocycles. The molecule has 3 nitrogen and oxygen atoms in total. The van der Waals surface area contributed by atoms with Gasteiger partial charge in [0.1, 0.15) is 0 Å². The Morgan fingerprint density at radius 3 is 2.80 bits per heavy atom. The van der Waals surface area contributed by atoms with Crippen molar-refractivity contribution in [1.82, 2.24) is 0 Å². The maximum atomic E-state index is 5.58. The first-order chi connectivity index (χ1) is 7.27. The molecule has 86 valence electrons. The Morgan fingerprint density at radius 1 is 1.40 bits per heavy atom. The Bertz CT molecular complexity index is 286. The van der Waals surface area contributed by atoms with E-state index in [1.807, 2.05) is 0 Å². The number of aryl methyl sites for hydroxylation is 1. The molecule has 0 saturated carbocycles. The number of rotatable bonds is 7. The highest BCUT2D eigenvalue weighted by molar-refractivity contribution is 7.12. The molecule has 2 N–H and O–H groups in total. The second-order valence-corrected chi connectivity index (χ2v) is 4.74. The van der Waals surface area contributed by atoms with E-state index in [1.54, 1.807) is 18.4 Å². The average Bonchev–Trinajstić information content (AvgIpc) is 2.59. The summed E-state index contributed by atoms with van der Waals surface area (Å²) in [6, 6.07) is 2.14. The van der Waals surface area contributed by atoms with Crippen molar-refractivity contribution in [2.24, 2.45) is 5.73 Å². The lowest BCUT2D eigenvalue weighted by molar-refractivity contribution is 0.0928. The Hall–Kier alpha value is -0.420. The molecule has 1 heterocycles. The van der Waals surface area contributed by atoms with Gasteiger partial charge in [0, 0.05) is 36.6 Å². The summed E-state index contributed by atoms with van der Waals surface area (Å²) < 4.78 is 10.5. The molecular weight excluding hydrogens is 210 g/mol. The molecule has 0 aromatic carbocycles. The third kappa shape index (κ3) is 4.30. The normalized spacial score (nSPS) is 10.9. The topological polar surface area (TPSA) is 44.5 Å². The number of methoxy groups -OCH3 is 1. The lowest BCUT2D eigenvalue weighted by Gasteiger charge is -2.02.